The van der Waals surface area contributed by atoms with Gasteiger partial charge in [-0.1, -0.05) is 30.3 Å². The van der Waals surface area contributed by atoms with Gasteiger partial charge < -0.3 is 14.4 Å². The van der Waals surface area contributed by atoms with E-state index in [1.54, 1.807) is 7.11 Å². The highest BCUT2D eigenvalue weighted by atomic mass is 16.5. The van der Waals surface area contributed by atoms with Crippen LogP contribution in [0.4, 0.5) is 5.82 Å². The Labute approximate surface area is 173 Å². The molecule has 0 unspecified atom stereocenters. The van der Waals surface area contributed by atoms with Crippen molar-refractivity contribution in [2.45, 2.75) is 64.4 Å². The van der Waals surface area contributed by atoms with Gasteiger partial charge in [0.15, 0.2) is 0 Å². The molecule has 0 amide bonds. The van der Waals surface area contributed by atoms with Crippen LogP contribution in [0, 0.1) is 0 Å². The molecule has 0 aliphatic carbocycles. The van der Waals surface area contributed by atoms with Crippen LogP contribution >= 0.6 is 0 Å². The number of rotatable bonds is 5. The van der Waals surface area contributed by atoms with E-state index in [0.29, 0.717) is 24.2 Å². The SMILES string of the molecule is COc1nc2c(c(N3[C@H](C)C[C@H](OC)C[C@@H]3C)n1)CN(Cc1ccccc1)CC2. The van der Waals surface area contributed by atoms with E-state index in [2.05, 4.69) is 54.0 Å². The summed E-state index contributed by atoms with van der Waals surface area (Å²) in [6, 6.07) is 11.9. The van der Waals surface area contributed by atoms with Crippen LogP contribution in [0.5, 0.6) is 6.01 Å². The van der Waals surface area contributed by atoms with Crippen molar-refractivity contribution >= 4 is 5.82 Å². The summed E-state index contributed by atoms with van der Waals surface area (Å²) in [5.41, 5.74) is 3.72. The van der Waals surface area contributed by atoms with Gasteiger partial charge >= 0.3 is 6.01 Å². The van der Waals surface area contributed by atoms with Crippen LogP contribution in [0.3, 0.4) is 0 Å². The minimum atomic E-state index is 0.311. The number of fused-ring (bicyclic) bond motifs is 1. The fourth-order valence-corrected chi connectivity index (χ4v) is 4.84. The molecule has 3 atom stereocenters. The predicted molar refractivity (Wildman–Crippen MR) is 114 cm³/mol. The molecule has 6 heteroatoms. The summed E-state index contributed by atoms with van der Waals surface area (Å²) in [5, 5.41) is 0. The molecule has 0 N–H and O–H groups in total. The maximum Gasteiger partial charge on any atom is 0.318 e. The lowest BCUT2D eigenvalue weighted by atomic mass is 9.93. The standard InChI is InChI=1S/C23H32N4O2/c1-16-12-19(28-3)13-17(2)27(16)22-20-15-26(14-18-8-6-5-7-9-18)11-10-21(20)24-23(25-22)29-4/h5-9,16-17,19H,10-15H2,1-4H3/t16-,17+,19+. The Balaban J connectivity index is 1.64. The van der Waals surface area contributed by atoms with Gasteiger partial charge in [-0.05, 0) is 32.3 Å². The third kappa shape index (κ3) is 4.23. The van der Waals surface area contributed by atoms with Gasteiger partial charge in [-0.25, -0.2) is 0 Å². The highest BCUT2D eigenvalue weighted by molar-refractivity contribution is 5.53. The van der Waals surface area contributed by atoms with Crippen molar-refractivity contribution in [1.29, 1.82) is 0 Å². The number of hydrogen-bond acceptors (Lipinski definition) is 6. The molecule has 156 valence electrons. The van der Waals surface area contributed by atoms with Gasteiger partial charge in [0, 0.05) is 50.8 Å². The van der Waals surface area contributed by atoms with E-state index in [0.717, 1.165) is 50.4 Å². The Morgan fingerprint density at radius 2 is 1.76 bits per heavy atom. The molecule has 1 aromatic carbocycles. The van der Waals surface area contributed by atoms with E-state index in [1.807, 2.05) is 7.11 Å². The quantitative estimate of drug-likeness (QED) is 0.772. The fourth-order valence-electron chi connectivity index (χ4n) is 4.84. The average Bonchev–Trinajstić information content (AvgIpc) is 2.73. The second-order valence-corrected chi connectivity index (χ2v) is 8.34. The Kier molecular flexibility index (Phi) is 6.01. The third-order valence-electron chi connectivity index (χ3n) is 6.26. The van der Waals surface area contributed by atoms with Crippen molar-refractivity contribution in [2.24, 2.45) is 0 Å². The second-order valence-electron chi connectivity index (χ2n) is 8.34. The van der Waals surface area contributed by atoms with Crippen LogP contribution in [0.15, 0.2) is 30.3 Å². The average molecular weight is 397 g/mol. The van der Waals surface area contributed by atoms with E-state index < -0.39 is 0 Å². The molecule has 3 heterocycles. The molecule has 1 saturated heterocycles. The maximum atomic E-state index is 5.66. The maximum absolute atomic E-state index is 5.66. The number of nitrogens with zero attached hydrogens (tertiary/aromatic N) is 4. The summed E-state index contributed by atoms with van der Waals surface area (Å²) >= 11 is 0. The summed E-state index contributed by atoms with van der Waals surface area (Å²) < 4.78 is 11.1. The zero-order valence-electron chi connectivity index (χ0n) is 18.0. The van der Waals surface area contributed by atoms with Crippen LogP contribution in [0.1, 0.15) is 43.5 Å². The summed E-state index contributed by atoms with van der Waals surface area (Å²) in [7, 11) is 3.47. The number of aromatic nitrogens is 2. The molecule has 1 fully saturated rings. The van der Waals surface area contributed by atoms with E-state index in [9.17, 15) is 0 Å². The van der Waals surface area contributed by atoms with Gasteiger partial charge in [-0.2, -0.15) is 9.97 Å². The molecule has 0 saturated carbocycles. The molecule has 0 bridgehead atoms. The van der Waals surface area contributed by atoms with E-state index in [4.69, 9.17) is 19.4 Å². The number of anilines is 1. The molecule has 2 aliphatic heterocycles. The van der Waals surface area contributed by atoms with Crippen molar-refractivity contribution in [3.05, 3.63) is 47.2 Å². The Bertz CT molecular complexity index is 817. The van der Waals surface area contributed by atoms with E-state index in [-0.39, 0.29) is 0 Å². The van der Waals surface area contributed by atoms with Crippen molar-refractivity contribution < 1.29 is 9.47 Å². The topological polar surface area (TPSA) is 50.7 Å². The van der Waals surface area contributed by atoms with Crippen LogP contribution in [-0.2, 0) is 24.2 Å². The Morgan fingerprint density at radius 1 is 1.03 bits per heavy atom. The minimum Gasteiger partial charge on any atom is -0.467 e. The Morgan fingerprint density at radius 3 is 2.41 bits per heavy atom. The normalized spacial score (nSPS) is 25.0. The molecule has 4 rings (SSSR count). The number of piperidine rings is 1. The minimum absolute atomic E-state index is 0.311. The van der Waals surface area contributed by atoms with Crippen LogP contribution in [0.2, 0.25) is 0 Å². The molecular formula is C23H32N4O2. The first kappa shape index (κ1) is 20.1. The first-order valence-electron chi connectivity index (χ1n) is 10.6. The molecule has 2 aliphatic rings. The van der Waals surface area contributed by atoms with Gasteiger partial charge in [0.25, 0.3) is 0 Å². The summed E-state index contributed by atoms with van der Waals surface area (Å²) in [6.45, 7) is 7.36. The molecule has 0 radical (unpaired) electrons. The molecular weight excluding hydrogens is 364 g/mol. The lowest BCUT2D eigenvalue weighted by Crippen LogP contribution is -2.50. The monoisotopic (exact) mass is 396 g/mol. The van der Waals surface area contributed by atoms with Gasteiger partial charge in [-0.3, -0.25) is 4.90 Å². The highest BCUT2D eigenvalue weighted by Gasteiger charge is 2.35. The molecule has 2 aromatic rings. The molecule has 1 aromatic heterocycles. The fraction of sp³-hybridized carbons (Fsp3) is 0.565. The first-order valence-corrected chi connectivity index (χ1v) is 10.6. The smallest absolute Gasteiger partial charge is 0.318 e. The van der Waals surface area contributed by atoms with Crippen LogP contribution < -0.4 is 9.64 Å². The molecule has 0 spiro atoms. The number of hydrogen-bond donors (Lipinski definition) is 0. The van der Waals surface area contributed by atoms with Crippen molar-refractivity contribution in [1.82, 2.24) is 14.9 Å². The van der Waals surface area contributed by atoms with Crippen LogP contribution in [0.25, 0.3) is 0 Å². The zero-order valence-corrected chi connectivity index (χ0v) is 18.0. The number of methoxy groups -OCH3 is 2. The van der Waals surface area contributed by atoms with Crippen molar-refractivity contribution in [3.8, 4) is 6.01 Å². The molecule has 6 nitrogen and oxygen atoms in total. The number of benzene rings is 1. The summed E-state index contributed by atoms with van der Waals surface area (Å²) in [5.74, 6) is 1.04. The van der Waals surface area contributed by atoms with Crippen LogP contribution in [-0.4, -0.2) is 53.8 Å². The van der Waals surface area contributed by atoms with E-state index in [1.165, 1.54) is 11.1 Å². The highest BCUT2D eigenvalue weighted by Crippen LogP contribution is 2.35. The van der Waals surface area contributed by atoms with Crippen molar-refractivity contribution in [3.63, 3.8) is 0 Å². The summed E-state index contributed by atoms with van der Waals surface area (Å²) in [4.78, 5) is 14.5. The van der Waals surface area contributed by atoms with Gasteiger partial charge in [0.2, 0.25) is 0 Å². The van der Waals surface area contributed by atoms with Crippen molar-refractivity contribution in [2.75, 3.05) is 25.7 Å². The molecule has 29 heavy (non-hydrogen) atoms. The predicted octanol–water partition coefficient (Wildman–Crippen LogP) is 3.44. The number of ether oxygens (including phenoxy) is 2. The first-order chi connectivity index (χ1) is 14.1. The lowest BCUT2D eigenvalue weighted by molar-refractivity contribution is 0.0610. The van der Waals surface area contributed by atoms with Gasteiger partial charge in [-0.15, -0.1) is 0 Å². The van der Waals surface area contributed by atoms with E-state index >= 15 is 0 Å². The Hall–Kier alpha value is -2.18. The lowest BCUT2D eigenvalue weighted by Gasteiger charge is -2.44. The largest absolute Gasteiger partial charge is 0.467 e. The van der Waals surface area contributed by atoms with Gasteiger partial charge in [0.1, 0.15) is 5.82 Å². The van der Waals surface area contributed by atoms with Gasteiger partial charge in [0.05, 0.1) is 18.9 Å². The third-order valence-corrected chi connectivity index (χ3v) is 6.26. The summed E-state index contributed by atoms with van der Waals surface area (Å²) in [6.07, 6.45) is 3.25. The zero-order chi connectivity index (χ0) is 20.4. The second kappa shape index (κ2) is 8.67.